The molecule has 0 unspecified atom stereocenters. The SMILES string of the molecule is CCCCN1C(=O)C(=O)C(=C(O)c2ccc(C)cc2)[C@@H]1c1ccccc1. The fourth-order valence-electron chi connectivity index (χ4n) is 3.29. The van der Waals surface area contributed by atoms with E-state index in [1.54, 1.807) is 17.0 Å². The second-order valence-electron chi connectivity index (χ2n) is 6.62. The molecule has 1 aliphatic heterocycles. The standard InChI is InChI=1S/C22H23NO3/c1-3-4-14-23-19(16-8-6-5-7-9-16)18(21(25)22(23)26)20(24)17-12-10-15(2)11-13-17/h5-13,19,24H,3-4,14H2,1-2H3/t19-/m0/s1. The lowest BCUT2D eigenvalue weighted by Crippen LogP contribution is -2.30. The van der Waals surface area contributed by atoms with E-state index in [0.29, 0.717) is 12.1 Å². The maximum absolute atomic E-state index is 12.7. The summed E-state index contributed by atoms with van der Waals surface area (Å²) in [4.78, 5) is 26.9. The Hall–Kier alpha value is -2.88. The number of benzene rings is 2. The van der Waals surface area contributed by atoms with Crippen LogP contribution in [0.5, 0.6) is 0 Å². The molecule has 1 N–H and O–H groups in total. The highest BCUT2D eigenvalue weighted by Crippen LogP contribution is 2.39. The van der Waals surface area contributed by atoms with Gasteiger partial charge in [-0.3, -0.25) is 9.59 Å². The van der Waals surface area contributed by atoms with Gasteiger partial charge in [-0.15, -0.1) is 0 Å². The minimum absolute atomic E-state index is 0.115. The first-order valence-electron chi connectivity index (χ1n) is 8.95. The van der Waals surface area contributed by atoms with E-state index in [-0.39, 0.29) is 11.3 Å². The number of aliphatic hydroxyl groups is 1. The van der Waals surface area contributed by atoms with Gasteiger partial charge in [-0.2, -0.15) is 0 Å². The molecule has 4 nitrogen and oxygen atoms in total. The summed E-state index contributed by atoms with van der Waals surface area (Å²) >= 11 is 0. The molecular weight excluding hydrogens is 326 g/mol. The van der Waals surface area contributed by atoms with Crippen LogP contribution in [-0.4, -0.2) is 28.2 Å². The van der Waals surface area contributed by atoms with E-state index in [0.717, 1.165) is 24.0 Å². The zero-order valence-corrected chi connectivity index (χ0v) is 15.1. The lowest BCUT2D eigenvalue weighted by molar-refractivity contribution is -0.139. The lowest BCUT2D eigenvalue weighted by atomic mass is 9.95. The molecule has 134 valence electrons. The molecule has 0 saturated carbocycles. The summed E-state index contributed by atoms with van der Waals surface area (Å²) in [7, 11) is 0. The minimum Gasteiger partial charge on any atom is -0.507 e. The highest BCUT2D eigenvalue weighted by molar-refractivity contribution is 6.46. The van der Waals surface area contributed by atoms with Crippen LogP contribution >= 0.6 is 0 Å². The van der Waals surface area contributed by atoms with E-state index in [4.69, 9.17) is 0 Å². The second kappa shape index (κ2) is 7.56. The number of amides is 1. The van der Waals surface area contributed by atoms with Gasteiger partial charge in [0.05, 0.1) is 11.6 Å². The molecule has 2 aromatic rings. The van der Waals surface area contributed by atoms with E-state index in [9.17, 15) is 14.7 Å². The van der Waals surface area contributed by atoms with Crippen molar-refractivity contribution in [1.82, 2.24) is 4.90 Å². The largest absolute Gasteiger partial charge is 0.507 e. The van der Waals surface area contributed by atoms with Gasteiger partial charge in [-0.25, -0.2) is 0 Å². The van der Waals surface area contributed by atoms with Gasteiger partial charge in [-0.05, 0) is 18.9 Å². The number of unbranched alkanes of at least 4 members (excludes halogenated alkanes) is 1. The molecule has 0 aliphatic carbocycles. The molecule has 1 atom stereocenters. The van der Waals surface area contributed by atoms with Crippen LogP contribution < -0.4 is 0 Å². The van der Waals surface area contributed by atoms with Gasteiger partial charge >= 0.3 is 0 Å². The molecule has 1 heterocycles. The van der Waals surface area contributed by atoms with Crippen LogP contribution in [0.1, 0.15) is 42.5 Å². The summed E-state index contributed by atoms with van der Waals surface area (Å²) in [6, 6.07) is 16.2. The molecule has 2 aromatic carbocycles. The average molecular weight is 349 g/mol. The minimum atomic E-state index is -0.618. The first-order chi connectivity index (χ1) is 12.5. The Morgan fingerprint density at radius 2 is 1.69 bits per heavy atom. The summed E-state index contributed by atoms with van der Waals surface area (Å²) in [5, 5.41) is 10.9. The second-order valence-corrected chi connectivity index (χ2v) is 6.62. The molecular formula is C22H23NO3. The van der Waals surface area contributed by atoms with Crippen molar-refractivity contribution < 1.29 is 14.7 Å². The third-order valence-electron chi connectivity index (χ3n) is 4.73. The van der Waals surface area contributed by atoms with Gasteiger partial charge in [0.2, 0.25) is 0 Å². The van der Waals surface area contributed by atoms with Gasteiger partial charge in [-0.1, -0.05) is 73.5 Å². The van der Waals surface area contributed by atoms with Crippen LogP contribution in [0.3, 0.4) is 0 Å². The Labute approximate surface area is 153 Å². The number of aliphatic hydroxyl groups excluding tert-OH is 1. The van der Waals surface area contributed by atoms with Gasteiger partial charge in [0.1, 0.15) is 5.76 Å². The van der Waals surface area contributed by atoms with Gasteiger partial charge in [0.15, 0.2) is 0 Å². The smallest absolute Gasteiger partial charge is 0.295 e. The predicted molar refractivity (Wildman–Crippen MR) is 102 cm³/mol. The number of likely N-dealkylation sites (tertiary alicyclic amines) is 1. The van der Waals surface area contributed by atoms with Gasteiger partial charge < -0.3 is 10.0 Å². The van der Waals surface area contributed by atoms with Crippen molar-refractivity contribution in [2.45, 2.75) is 32.7 Å². The zero-order valence-electron chi connectivity index (χ0n) is 15.1. The maximum Gasteiger partial charge on any atom is 0.295 e. The summed E-state index contributed by atoms with van der Waals surface area (Å²) < 4.78 is 0. The number of carbonyl (C=O) groups excluding carboxylic acids is 2. The lowest BCUT2D eigenvalue weighted by Gasteiger charge is -2.25. The summed E-state index contributed by atoms with van der Waals surface area (Å²) in [5.74, 6) is -1.27. The Bertz CT molecular complexity index is 837. The first kappa shape index (κ1) is 17.9. The highest BCUT2D eigenvalue weighted by atomic mass is 16.3. The molecule has 3 rings (SSSR count). The van der Waals surface area contributed by atoms with Crippen molar-refractivity contribution in [2.24, 2.45) is 0 Å². The topological polar surface area (TPSA) is 57.6 Å². The van der Waals surface area contributed by atoms with E-state index >= 15 is 0 Å². The van der Waals surface area contributed by atoms with Crippen LogP contribution in [0.25, 0.3) is 5.76 Å². The third kappa shape index (κ3) is 3.27. The van der Waals surface area contributed by atoms with Crippen LogP contribution in [0, 0.1) is 6.92 Å². The van der Waals surface area contributed by atoms with Gasteiger partial charge in [0.25, 0.3) is 11.7 Å². The van der Waals surface area contributed by atoms with Crippen molar-refractivity contribution in [1.29, 1.82) is 0 Å². The molecule has 0 aromatic heterocycles. The molecule has 1 fully saturated rings. The first-order valence-corrected chi connectivity index (χ1v) is 8.95. The van der Waals surface area contributed by atoms with Crippen LogP contribution in [0.2, 0.25) is 0 Å². The van der Waals surface area contributed by atoms with E-state index in [1.165, 1.54) is 0 Å². The number of rotatable bonds is 5. The molecule has 1 amide bonds. The fraction of sp³-hybridized carbons (Fsp3) is 0.273. The molecule has 1 aliphatic rings. The number of hydrogen-bond acceptors (Lipinski definition) is 3. The highest BCUT2D eigenvalue weighted by Gasteiger charge is 2.45. The zero-order chi connectivity index (χ0) is 18.7. The molecule has 0 bridgehead atoms. The molecule has 0 radical (unpaired) electrons. The summed E-state index contributed by atoms with van der Waals surface area (Å²) in [6.07, 6.45) is 1.73. The van der Waals surface area contributed by atoms with Gasteiger partial charge in [0, 0.05) is 12.1 Å². The van der Waals surface area contributed by atoms with Crippen LogP contribution in [-0.2, 0) is 9.59 Å². The molecule has 1 saturated heterocycles. The number of hydrogen-bond donors (Lipinski definition) is 1. The fourth-order valence-corrected chi connectivity index (χ4v) is 3.29. The number of aryl methyl sites for hydroxylation is 1. The van der Waals surface area contributed by atoms with Crippen LogP contribution in [0.15, 0.2) is 60.2 Å². The van der Waals surface area contributed by atoms with Crippen molar-refractivity contribution in [3.05, 3.63) is 76.9 Å². The van der Waals surface area contributed by atoms with E-state index in [2.05, 4.69) is 0 Å². The van der Waals surface area contributed by atoms with E-state index < -0.39 is 17.7 Å². The number of carbonyl (C=O) groups is 2. The maximum atomic E-state index is 12.7. The number of Topliss-reactive ketones (excluding diaryl/α,β-unsaturated/α-hetero) is 1. The predicted octanol–water partition coefficient (Wildman–Crippen LogP) is 4.22. The summed E-state index contributed by atoms with van der Waals surface area (Å²) in [5.41, 5.74) is 2.60. The molecule has 4 heteroatoms. The van der Waals surface area contributed by atoms with Crippen molar-refractivity contribution >= 4 is 17.4 Å². The van der Waals surface area contributed by atoms with Crippen LogP contribution in [0.4, 0.5) is 0 Å². The van der Waals surface area contributed by atoms with Crippen molar-refractivity contribution in [3.8, 4) is 0 Å². The van der Waals surface area contributed by atoms with Crippen molar-refractivity contribution in [2.75, 3.05) is 6.54 Å². The Balaban J connectivity index is 2.14. The average Bonchev–Trinajstić information content (AvgIpc) is 2.91. The number of ketones is 1. The molecule has 0 spiro atoms. The number of nitrogens with zero attached hydrogens (tertiary/aromatic N) is 1. The Morgan fingerprint density at radius 1 is 1.04 bits per heavy atom. The van der Waals surface area contributed by atoms with Crippen molar-refractivity contribution in [3.63, 3.8) is 0 Å². The molecule has 26 heavy (non-hydrogen) atoms. The Morgan fingerprint density at radius 3 is 2.31 bits per heavy atom. The normalized spacial score (nSPS) is 19.2. The Kier molecular flexibility index (Phi) is 5.21. The monoisotopic (exact) mass is 349 g/mol. The summed E-state index contributed by atoms with van der Waals surface area (Å²) in [6.45, 7) is 4.49. The quantitative estimate of drug-likeness (QED) is 0.499. The third-order valence-corrected chi connectivity index (χ3v) is 4.73. The van der Waals surface area contributed by atoms with E-state index in [1.807, 2.05) is 56.3 Å².